The van der Waals surface area contributed by atoms with Gasteiger partial charge in [-0.2, -0.15) is 0 Å². The third-order valence-corrected chi connectivity index (χ3v) is 3.93. The Bertz CT molecular complexity index is 612. The van der Waals surface area contributed by atoms with Gasteiger partial charge in [-0.15, -0.1) is 11.3 Å². The second kappa shape index (κ2) is 6.26. The normalized spacial score (nSPS) is 11.4. The summed E-state index contributed by atoms with van der Waals surface area (Å²) >= 11 is 1.58. The van der Waals surface area contributed by atoms with E-state index in [1.54, 1.807) is 23.5 Å². The number of thiazole rings is 1. The number of rotatable bonds is 4. The zero-order chi connectivity index (χ0) is 15.5. The van der Waals surface area contributed by atoms with Gasteiger partial charge in [0.1, 0.15) is 5.75 Å². The minimum Gasteiger partial charge on any atom is -0.508 e. The largest absolute Gasteiger partial charge is 0.508 e. The van der Waals surface area contributed by atoms with Crippen molar-refractivity contribution in [3.8, 4) is 17.0 Å². The van der Waals surface area contributed by atoms with Gasteiger partial charge < -0.3 is 10.4 Å². The molecule has 2 N–H and O–H groups in total. The van der Waals surface area contributed by atoms with Crippen LogP contribution in [0.3, 0.4) is 0 Å². The Labute approximate surface area is 128 Å². The van der Waals surface area contributed by atoms with Gasteiger partial charge in [-0.05, 0) is 24.3 Å². The lowest BCUT2D eigenvalue weighted by Gasteiger charge is -2.17. The highest BCUT2D eigenvalue weighted by atomic mass is 32.1. The first-order chi connectivity index (χ1) is 9.86. The van der Waals surface area contributed by atoms with E-state index in [0.29, 0.717) is 6.54 Å². The number of carbonyl (C=O) groups excluding carboxylic acids is 1. The van der Waals surface area contributed by atoms with Gasteiger partial charge in [0.15, 0.2) is 0 Å². The van der Waals surface area contributed by atoms with Crippen molar-refractivity contribution in [2.45, 2.75) is 27.2 Å². The quantitative estimate of drug-likeness (QED) is 0.911. The highest BCUT2D eigenvalue weighted by molar-refractivity contribution is 7.09. The molecular weight excluding hydrogens is 284 g/mol. The molecule has 0 radical (unpaired) electrons. The van der Waals surface area contributed by atoms with E-state index in [0.717, 1.165) is 22.7 Å². The van der Waals surface area contributed by atoms with E-state index in [4.69, 9.17) is 0 Å². The number of carbonyl (C=O) groups is 1. The van der Waals surface area contributed by atoms with Gasteiger partial charge in [-0.3, -0.25) is 4.79 Å². The van der Waals surface area contributed by atoms with Gasteiger partial charge >= 0.3 is 0 Å². The predicted molar refractivity (Wildman–Crippen MR) is 85.4 cm³/mol. The zero-order valence-electron chi connectivity index (χ0n) is 12.5. The van der Waals surface area contributed by atoms with Crippen LogP contribution in [0.5, 0.6) is 5.75 Å². The van der Waals surface area contributed by atoms with Crippen LogP contribution in [0.4, 0.5) is 0 Å². The monoisotopic (exact) mass is 304 g/mol. The maximum Gasteiger partial charge on any atom is 0.225 e. The molecular formula is C16H20N2O2S. The summed E-state index contributed by atoms with van der Waals surface area (Å²) in [6.07, 6.45) is 0.727. The number of nitrogens with zero attached hydrogens (tertiary/aromatic N) is 1. The second-order valence-electron chi connectivity index (χ2n) is 5.93. The van der Waals surface area contributed by atoms with Crippen molar-refractivity contribution in [1.82, 2.24) is 10.3 Å². The fourth-order valence-electron chi connectivity index (χ4n) is 1.74. The van der Waals surface area contributed by atoms with Crippen LogP contribution < -0.4 is 5.32 Å². The van der Waals surface area contributed by atoms with Crippen molar-refractivity contribution in [1.29, 1.82) is 0 Å². The molecule has 2 rings (SSSR count). The lowest BCUT2D eigenvalue weighted by atomic mass is 9.96. The Kier molecular flexibility index (Phi) is 4.63. The lowest BCUT2D eigenvalue weighted by Crippen LogP contribution is -2.35. The zero-order valence-corrected chi connectivity index (χ0v) is 13.3. The number of aromatic nitrogens is 1. The average Bonchev–Trinajstić information content (AvgIpc) is 2.87. The number of aromatic hydroxyl groups is 1. The topological polar surface area (TPSA) is 62.2 Å². The molecule has 0 saturated heterocycles. The predicted octanol–water partition coefficient (Wildman–Crippen LogP) is 3.22. The highest BCUT2D eigenvalue weighted by Crippen LogP contribution is 2.23. The Balaban J connectivity index is 1.92. The Hall–Kier alpha value is -1.88. The van der Waals surface area contributed by atoms with E-state index in [9.17, 15) is 9.90 Å². The van der Waals surface area contributed by atoms with Gasteiger partial charge in [0, 0.05) is 29.3 Å². The van der Waals surface area contributed by atoms with Crippen LogP contribution >= 0.6 is 11.3 Å². The number of phenols is 1. The fraction of sp³-hybridized carbons (Fsp3) is 0.375. The minimum absolute atomic E-state index is 0.0535. The van der Waals surface area contributed by atoms with E-state index in [-0.39, 0.29) is 17.1 Å². The molecule has 1 aromatic heterocycles. The molecule has 1 amide bonds. The van der Waals surface area contributed by atoms with Crippen molar-refractivity contribution in [3.05, 3.63) is 34.7 Å². The molecule has 1 heterocycles. The van der Waals surface area contributed by atoms with E-state index in [2.05, 4.69) is 10.3 Å². The summed E-state index contributed by atoms with van der Waals surface area (Å²) in [5, 5.41) is 15.2. The first-order valence-electron chi connectivity index (χ1n) is 6.88. The van der Waals surface area contributed by atoms with Crippen molar-refractivity contribution in [2.75, 3.05) is 6.54 Å². The summed E-state index contributed by atoms with van der Waals surface area (Å²) < 4.78 is 0. The Morgan fingerprint density at radius 2 is 1.95 bits per heavy atom. The van der Waals surface area contributed by atoms with Gasteiger partial charge in [0.05, 0.1) is 10.7 Å². The van der Waals surface area contributed by atoms with E-state index >= 15 is 0 Å². The maximum absolute atomic E-state index is 11.8. The van der Waals surface area contributed by atoms with E-state index in [1.165, 1.54) is 0 Å². The number of nitrogens with one attached hydrogen (secondary N) is 1. The second-order valence-corrected chi connectivity index (χ2v) is 6.87. The third-order valence-electron chi connectivity index (χ3n) is 3.02. The summed E-state index contributed by atoms with van der Waals surface area (Å²) in [5.74, 6) is 0.303. The summed E-state index contributed by atoms with van der Waals surface area (Å²) in [6.45, 7) is 6.29. The highest BCUT2D eigenvalue weighted by Gasteiger charge is 2.20. The van der Waals surface area contributed by atoms with Gasteiger partial charge in [0.2, 0.25) is 5.91 Å². The fourth-order valence-corrected chi connectivity index (χ4v) is 2.55. The molecule has 1 aromatic carbocycles. The van der Waals surface area contributed by atoms with Crippen molar-refractivity contribution >= 4 is 17.2 Å². The van der Waals surface area contributed by atoms with Crippen LogP contribution in [0, 0.1) is 5.41 Å². The molecule has 0 spiro atoms. The van der Waals surface area contributed by atoms with Crippen LogP contribution in [0.15, 0.2) is 29.6 Å². The molecule has 0 bridgehead atoms. The SMILES string of the molecule is CC(C)(C)C(=O)NCCc1nc(-c2ccc(O)cc2)cs1. The van der Waals surface area contributed by atoms with Crippen LogP contribution in [0.25, 0.3) is 11.3 Å². The molecule has 0 aliphatic rings. The van der Waals surface area contributed by atoms with Crippen molar-refractivity contribution in [2.24, 2.45) is 5.41 Å². The molecule has 0 fully saturated rings. The van der Waals surface area contributed by atoms with Crippen LogP contribution in [0.2, 0.25) is 0 Å². The molecule has 2 aromatic rings. The van der Waals surface area contributed by atoms with Gasteiger partial charge in [-0.25, -0.2) is 4.98 Å². The lowest BCUT2D eigenvalue weighted by molar-refractivity contribution is -0.128. The minimum atomic E-state index is -0.361. The molecule has 112 valence electrons. The number of hydrogen-bond donors (Lipinski definition) is 2. The van der Waals surface area contributed by atoms with Crippen LogP contribution in [0.1, 0.15) is 25.8 Å². The molecule has 0 saturated carbocycles. The van der Waals surface area contributed by atoms with Gasteiger partial charge in [0.25, 0.3) is 0 Å². The number of benzene rings is 1. The standard InChI is InChI=1S/C16H20N2O2S/c1-16(2,3)15(20)17-9-8-14-18-13(10-21-14)11-4-6-12(19)7-5-11/h4-7,10,19H,8-9H2,1-3H3,(H,17,20). The first kappa shape index (κ1) is 15.5. The smallest absolute Gasteiger partial charge is 0.225 e. The summed E-state index contributed by atoms with van der Waals surface area (Å²) in [5.41, 5.74) is 1.52. The molecule has 0 aliphatic heterocycles. The van der Waals surface area contributed by atoms with Crippen LogP contribution in [-0.4, -0.2) is 22.5 Å². The molecule has 0 unspecified atom stereocenters. The molecule has 5 heteroatoms. The Morgan fingerprint density at radius 3 is 2.57 bits per heavy atom. The third kappa shape index (κ3) is 4.29. The van der Waals surface area contributed by atoms with Gasteiger partial charge in [-0.1, -0.05) is 20.8 Å². The Morgan fingerprint density at radius 1 is 1.29 bits per heavy atom. The number of phenolic OH excluding ortho intramolecular Hbond substituents is 1. The van der Waals surface area contributed by atoms with E-state index < -0.39 is 0 Å². The number of hydrogen-bond acceptors (Lipinski definition) is 4. The van der Waals surface area contributed by atoms with Crippen LogP contribution in [-0.2, 0) is 11.2 Å². The first-order valence-corrected chi connectivity index (χ1v) is 7.76. The summed E-state index contributed by atoms with van der Waals surface area (Å²) in [6, 6.07) is 6.99. The molecule has 0 aliphatic carbocycles. The maximum atomic E-state index is 11.8. The summed E-state index contributed by atoms with van der Waals surface area (Å²) in [4.78, 5) is 16.3. The average molecular weight is 304 g/mol. The molecule has 21 heavy (non-hydrogen) atoms. The van der Waals surface area contributed by atoms with Crippen molar-refractivity contribution in [3.63, 3.8) is 0 Å². The number of amides is 1. The summed E-state index contributed by atoms with van der Waals surface area (Å²) in [7, 11) is 0. The van der Waals surface area contributed by atoms with E-state index in [1.807, 2.05) is 38.3 Å². The molecule has 0 atom stereocenters. The molecule has 4 nitrogen and oxygen atoms in total. The van der Waals surface area contributed by atoms with Crippen molar-refractivity contribution < 1.29 is 9.90 Å².